The van der Waals surface area contributed by atoms with Gasteiger partial charge in [0, 0.05) is 0 Å². The second-order valence-electron chi connectivity index (χ2n) is 1.07. The maximum Gasteiger partial charge on any atom is 1.00 e. The average molecular weight is 282 g/mol. The molecule has 0 nitrogen and oxygen atoms in total. The summed E-state index contributed by atoms with van der Waals surface area (Å²) in [7, 11) is -10.8. The van der Waals surface area contributed by atoms with Crippen LogP contribution in [-0.2, 0) is 0 Å². The van der Waals surface area contributed by atoms with Gasteiger partial charge in [0.15, 0.2) is 0 Å². The molecular formula is CsF6LiSi. The Balaban J connectivity index is -0.000000180. The number of rotatable bonds is 0. The third-order valence-electron chi connectivity index (χ3n) is 0. The van der Waals surface area contributed by atoms with Gasteiger partial charge in [0.2, 0.25) is 0 Å². The largest absolute Gasteiger partial charge is 1.00 e. The van der Waals surface area contributed by atoms with Gasteiger partial charge in [-0.1, -0.05) is 0 Å². The number of hydrogen-bond donors (Lipinski definition) is 0. The summed E-state index contributed by atoms with van der Waals surface area (Å²) in [6.07, 6.45) is 0. The fourth-order valence-corrected chi connectivity index (χ4v) is 0. The van der Waals surface area contributed by atoms with Crippen molar-refractivity contribution in [1.82, 2.24) is 0 Å². The molecule has 0 amide bonds. The smallest absolute Gasteiger partial charge is 1.00 e. The van der Waals surface area contributed by atoms with Crippen molar-refractivity contribution in [1.29, 1.82) is 0 Å². The summed E-state index contributed by atoms with van der Waals surface area (Å²) in [6, 6.07) is 0. The van der Waals surface area contributed by atoms with Crippen molar-refractivity contribution in [2.75, 3.05) is 0 Å². The molecule has 0 fully saturated rings. The molecule has 0 saturated carbocycles. The first-order valence-corrected chi connectivity index (χ1v) is 3.40. The minimum Gasteiger partial charge on any atom is 1.00 e. The standard InChI is InChI=1S/Cs.F6Si.Li/c;1-7(2,3,4,5)6;/q+1;-2;+1. The third-order valence-corrected chi connectivity index (χ3v) is 0. The molecule has 0 aromatic carbocycles. The van der Waals surface area contributed by atoms with Crippen molar-refractivity contribution < 1.29 is 112 Å². The molecule has 9 heteroatoms. The first-order chi connectivity index (χ1) is 2.45. The number of hydrogen-bond acceptors (Lipinski definition) is 0. The van der Waals surface area contributed by atoms with E-state index in [2.05, 4.69) is 0 Å². The van der Waals surface area contributed by atoms with Gasteiger partial charge >= 0.3 is 121 Å². The van der Waals surface area contributed by atoms with Gasteiger partial charge in [0.25, 0.3) is 0 Å². The van der Waals surface area contributed by atoms with Gasteiger partial charge in [-0.25, -0.2) is 0 Å². The van der Waals surface area contributed by atoms with Crippen molar-refractivity contribution in [3.63, 3.8) is 0 Å². The van der Waals surface area contributed by atoms with E-state index >= 15 is 0 Å². The van der Waals surface area contributed by atoms with Crippen LogP contribution < -0.4 is 87.8 Å². The summed E-state index contributed by atoms with van der Waals surface area (Å²) < 4.78 is 59.3. The van der Waals surface area contributed by atoms with Gasteiger partial charge in [-0.05, 0) is 0 Å². The fraction of sp³-hybridized carbons (Fsp3) is 0. The first-order valence-electron chi connectivity index (χ1n) is 1.13. The second-order valence-corrected chi connectivity index (χ2v) is 3.21. The molecule has 0 bridgehead atoms. The Bertz CT molecular complexity index is 71.6. The second kappa shape index (κ2) is 3.06. The summed E-state index contributed by atoms with van der Waals surface area (Å²) in [5.74, 6) is 0. The molecule has 0 unspecified atom stereocenters. The predicted molar refractivity (Wildman–Crippen MR) is 12.4 cm³/mol. The Hall–Kier alpha value is 2.45. The van der Waals surface area contributed by atoms with E-state index in [1.54, 1.807) is 0 Å². The van der Waals surface area contributed by atoms with Crippen LogP contribution in [0.1, 0.15) is 0 Å². The van der Waals surface area contributed by atoms with Gasteiger partial charge < -0.3 is 0 Å². The molecular weight excluding hydrogens is 282 g/mol. The maximum atomic E-state index is 9.88. The molecule has 0 radical (unpaired) electrons. The summed E-state index contributed by atoms with van der Waals surface area (Å²) in [5.41, 5.74) is 0. The Labute approximate surface area is 118 Å². The molecule has 0 aromatic rings. The van der Waals surface area contributed by atoms with Crippen LogP contribution in [0.3, 0.4) is 0 Å². The molecule has 0 aliphatic heterocycles. The maximum absolute atomic E-state index is 10.8. The molecule has 0 atom stereocenters. The molecule has 0 aliphatic rings. The van der Waals surface area contributed by atoms with Crippen LogP contribution in [0.25, 0.3) is 0 Å². The van der Waals surface area contributed by atoms with E-state index < -0.39 is 8.63 Å². The van der Waals surface area contributed by atoms with Gasteiger partial charge in [-0.2, -0.15) is 0 Å². The van der Waals surface area contributed by atoms with Crippen LogP contribution in [0, 0.1) is 0 Å². The van der Waals surface area contributed by atoms with Crippen LogP contribution >= 0.6 is 0 Å². The molecule has 0 aliphatic carbocycles. The first kappa shape index (κ1) is 17.5. The van der Waals surface area contributed by atoms with E-state index in [1.165, 1.54) is 0 Å². The Morgan fingerprint density at radius 1 is 0.667 bits per heavy atom. The monoisotopic (exact) mass is 282 g/mol. The van der Waals surface area contributed by atoms with Crippen molar-refractivity contribution in [3.05, 3.63) is 0 Å². The van der Waals surface area contributed by atoms with Gasteiger partial charge in [-0.15, -0.1) is 0 Å². The zero-order valence-corrected chi connectivity index (χ0v) is 12.0. The Morgan fingerprint density at radius 3 is 0.667 bits per heavy atom. The summed E-state index contributed by atoms with van der Waals surface area (Å²) >= 11 is 0. The van der Waals surface area contributed by atoms with Crippen LogP contribution in [0.15, 0.2) is 0 Å². The Kier molecular flexibility index (Phi) is 5.96. The van der Waals surface area contributed by atoms with Crippen molar-refractivity contribution in [3.8, 4) is 0 Å². The molecule has 9 heavy (non-hydrogen) atoms. The van der Waals surface area contributed by atoms with E-state index in [1.807, 2.05) is 0 Å². The van der Waals surface area contributed by atoms with Gasteiger partial charge in [0.1, 0.15) is 0 Å². The molecule has 48 valence electrons. The third kappa shape index (κ3) is 125. The minimum atomic E-state index is -10.8. The van der Waals surface area contributed by atoms with Crippen LogP contribution in [0.4, 0.5) is 24.6 Å². The van der Waals surface area contributed by atoms with Crippen LogP contribution in [0.5, 0.6) is 0 Å². The zero-order valence-electron chi connectivity index (χ0n) is 4.77. The van der Waals surface area contributed by atoms with E-state index in [4.69, 9.17) is 0 Å². The van der Waals surface area contributed by atoms with Gasteiger partial charge in [0.05, 0.1) is 0 Å². The fourth-order valence-electron chi connectivity index (χ4n) is 0. The zero-order chi connectivity index (χ0) is 6.41. The topological polar surface area (TPSA) is 0 Å². The van der Waals surface area contributed by atoms with Crippen LogP contribution in [-0.4, -0.2) is 8.63 Å². The summed E-state index contributed by atoms with van der Waals surface area (Å²) in [4.78, 5) is 0. The van der Waals surface area contributed by atoms with Crippen molar-refractivity contribution >= 4 is 8.63 Å². The van der Waals surface area contributed by atoms with Gasteiger partial charge in [-0.3, -0.25) is 0 Å². The minimum absolute atomic E-state index is 0. The van der Waals surface area contributed by atoms with E-state index in [9.17, 15) is 24.6 Å². The normalized spacial score (nSPS) is 18.0. The summed E-state index contributed by atoms with van der Waals surface area (Å²) in [5, 5.41) is 0. The molecule has 0 rings (SSSR count). The molecule has 0 aromatic heterocycles. The van der Waals surface area contributed by atoms with E-state index in [0.717, 1.165) is 0 Å². The Morgan fingerprint density at radius 2 is 0.667 bits per heavy atom. The molecule has 0 spiro atoms. The quantitative estimate of drug-likeness (QED) is 0.242. The van der Waals surface area contributed by atoms with E-state index in [-0.39, 0.29) is 87.8 Å². The molecule has 0 heterocycles. The summed E-state index contributed by atoms with van der Waals surface area (Å²) in [6.45, 7) is 0. The van der Waals surface area contributed by atoms with Crippen molar-refractivity contribution in [2.24, 2.45) is 0 Å². The van der Waals surface area contributed by atoms with Crippen molar-refractivity contribution in [2.45, 2.75) is 0 Å². The number of halogens is 6. The SMILES string of the molecule is F[Si-2](F)(F)(F)(F)F.[Cs+].[Li+]. The predicted octanol–water partition coefficient (Wildman–Crippen LogP) is -3.85. The van der Waals surface area contributed by atoms with Crippen LogP contribution in [0.2, 0.25) is 0 Å². The average Bonchev–Trinajstić information content (AvgIpc) is 0.592. The molecule has 0 saturated heterocycles. The molecule has 0 N–H and O–H groups in total. The van der Waals surface area contributed by atoms with E-state index in [0.29, 0.717) is 0 Å².